The Morgan fingerprint density at radius 2 is 1.89 bits per heavy atom. The number of amides is 1. The number of aromatic nitrogens is 3. The first kappa shape index (κ1) is 24.5. The van der Waals surface area contributed by atoms with E-state index in [2.05, 4.69) is 10.3 Å². The molecule has 0 spiro atoms. The number of aryl methyl sites for hydroxylation is 2. The first-order valence-corrected chi connectivity index (χ1v) is 12.3. The van der Waals surface area contributed by atoms with Gasteiger partial charge in [0.2, 0.25) is 11.9 Å². The van der Waals surface area contributed by atoms with Crippen LogP contribution in [0.3, 0.4) is 0 Å². The van der Waals surface area contributed by atoms with Crippen LogP contribution >= 0.6 is 0 Å². The van der Waals surface area contributed by atoms with Crippen LogP contribution in [0.1, 0.15) is 36.0 Å². The minimum absolute atomic E-state index is 0.0563. The maximum Gasteiger partial charge on any atom is 0.416 e. The minimum Gasteiger partial charge on any atom is -0.381 e. The molecule has 1 N–H and O–H groups in total. The number of benzene rings is 1. The van der Waals surface area contributed by atoms with Crippen molar-refractivity contribution in [3.05, 3.63) is 47.2 Å². The van der Waals surface area contributed by atoms with Crippen LogP contribution in [0.25, 0.3) is 16.9 Å². The van der Waals surface area contributed by atoms with E-state index >= 15 is 0 Å². The van der Waals surface area contributed by atoms with Gasteiger partial charge in [-0.3, -0.25) is 9.36 Å². The summed E-state index contributed by atoms with van der Waals surface area (Å²) in [5.41, 5.74) is 2.72. The number of imidazole rings is 1. The van der Waals surface area contributed by atoms with Gasteiger partial charge in [0.05, 0.1) is 23.2 Å². The Bertz CT molecular complexity index is 1260. The molecule has 1 amide bonds. The number of halogens is 3. The average Bonchev–Trinajstić information content (AvgIpc) is 3.50. The summed E-state index contributed by atoms with van der Waals surface area (Å²) in [6.45, 7) is 7.17. The van der Waals surface area contributed by atoms with Crippen molar-refractivity contribution in [2.24, 2.45) is 11.8 Å². The lowest BCUT2D eigenvalue weighted by atomic mass is 9.96. The molecule has 0 aliphatic carbocycles. The predicted octanol–water partition coefficient (Wildman–Crippen LogP) is 4.43. The van der Waals surface area contributed by atoms with Crippen LogP contribution < -0.4 is 10.2 Å². The molecule has 1 unspecified atom stereocenters. The maximum atomic E-state index is 13.5. The fourth-order valence-corrected chi connectivity index (χ4v) is 4.95. The van der Waals surface area contributed by atoms with Gasteiger partial charge in [-0.15, -0.1) is 0 Å². The van der Waals surface area contributed by atoms with Gasteiger partial charge in [-0.1, -0.05) is 0 Å². The summed E-state index contributed by atoms with van der Waals surface area (Å²) in [5, 5.41) is 3.07. The predicted molar refractivity (Wildman–Crippen MR) is 130 cm³/mol. The quantitative estimate of drug-likeness (QED) is 0.560. The number of hydrogen-bond donors (Lipinski definition) is 1. The van der Waals surface area contributed by atoms with Crippen molar-refractivity contribution in [2.75, 3.05) is 37.7 Å². The SMILES string of the molecule is Cc1cc2nc(N3CCC(C(=O)NCC4CCOC4)CC3)n(-c3cc(C(F)(F)F)ccn3)c2cc1C. The van der Waals surface area contributed by atoms with Crippen molar-refractivity contribution in [2.45, 2.75) is 39.3 Å². The standard InChI is InChI=1S/C26H30F3N5O2/c1-16-11-21-22(12-17(16)2)34(23-13-20(3-7-30-23)26(27,28)29)25(32-21)33-8-4-19(5-9-33)24(35)31-14-18-6-10-36-15-18/h3,7,11-13,18-19H,4-6,8-10,14-15H2,1-2H3,(H,31,35). The van der Waals surface area contributed by atoms with Crippen molar-refractivity contribution < 1.29 is 22.7 Å². The van der Waals surface area contributed by atoms with Crippen LogP contribution in [0.4, 0.5) is 19.1 Å². The molecule has 4 heterocycles. The molecule has 2 fully saturated rings. The summed E-state index contributed by atoms with van der Waals surface area (Å²) in [7, 11) is 0. The fraction of sp³-hybridized carbons (Fsp3) is 0.500. The smallest absolute Gasteiger partial charge is 0.381 e. The number of pyridine rings is 1. The van der Waals surface area contributed by atoms with Gasteiger partial charge < -0.3 is 15.0 Å². The molecule has 2 aliphatic heterocycles. The molecule has 1 atom stereocenters. The molecular weight excluding hydrogens is 471 g/mol. The van der Waals surface area contributed by atoms with E-state index in [9.17, 15) is 18.0 Å². The Morgan fingerprint density at radius 1 is 1.14 bits per heavy atom. The molecule has 0 bridgehead atoms. The van der Waals surface area contributed by atoms with Crippen molar-refractivity contribution >= 4 is 22.9 Å². The molecule has 2 aromatic heterocycles. The molecular formula is C26H30F3N5O2. The first-order valence-electron chi connectivity index (χ1n) is 12.3. The Labute approximate surface area is 207 Å². The zero-order valence-electron chi connectivity index (χ0n) is 20.4. The number of rotatable bonds is 5. The molecule has 5 rings (SSSR count). The van der Waals surface area contributed by atoms with Gasteiger partial charge in [0.15, 0.2) is 0 Å². The van der Waals surface area contributed by atoms with Crippen molar-refractivity contribution in [1.82, 2.24) is 19.9 Å². The molecule has 1 aromatic carbocycles. The molecule has 10 heteroatoms. The zero-order valence-corrected chi connectivity index (χ0v) is 20.4. The summed E-state index contributed by atoms with van der Waals surface area (Å²) < 4.78 is 47.5. The van der Waals surface area contributed by atoms with Gasteiger partial charge in [0, 0.05) is 44.3 Å². The first-order chi connectivity index (χ1) is 17.2. The number of carbonyl (C=O) groups excluding carboxylic acids is 1. The number of nitrogens with one attached hydrogen (secondary N) is 1. The average molecular weight is 502 g/mol. The van der Waals surface area contributed by atoms with E-state index in [1.807, 2.05) is 30.9 Å². The van der Waals surface area contributed by atoms with E-state index in [0.717, 1.165) is 36.3 Å². The summed E-state index contributed by atoms with van der Waals surface area (Å²) in [6, 6.07) is 5.92. The number of carbonyl (C=O) groups is 1. The topological polar surface area (TPSA) is 72.3 Å². The highest BCUT2D eigenvalue weighted by Gasteiger charge is 2.32. The number of nitrogens with zero attached hydrogens (tertiary/aromatic N) is 4. The third-order valence-corrected chi connectivity index (χ3v) is 7.29. The second-order valence-electron chi connectivity index (χ2n) is 9.81. The van der Waals surface area contributed by atoms with Crippen LogP contribution in [-0.4, -0.2) is 53.3 Å². The Kier molecular flexibility index (Phi) is 6.63. The number of fused-ring (bicyclic) bond motifs is 1. The number of alkyl halides is 3. The highest BCUT2D eigenvalue weighted by atomic mass is 19.4. The van der Waals surface area contributed by atoms with Crippen molar-refractivity contribution in [3.63, 3.8) is 0 Å². The Hall–Kier alpha value is -3.14. The molecule has 0 radical (unpaired) electrons. The normalized spacial score (nSPS) is 19.2. The van der Waals surface area contributed by atoms with Gasteiger partial charge >= 0.3 is 6.18 Å². The Balaban J connectivity index is 1.41. The van der Waals surface area contributed by atoms with Gasteiger partial charge in [-0.2, -0.15) is 13.2 Å². The van der Waals surface area contributed by atoms with E-state index in [1.54, 1.807) is 4.57 Å². The number of anilines is 1. The number of ether oxygens (including phenoxy) is 1. The monoisotopic (exact) mass is 501 g/mol. The van der Waals surface area contributed by atoms with E-state index in [0.29, 0.717) is 62.0 Å². The minimum atomic E-state index is -4.48. The van der Waals surface area contributed by atoms with Gasteiger partial charge in [0.25, 0.3) is 0 Å². The van der Waals surface area contributed by atoms with Crippen LogP contribution in [-0.2, 0) is 15.7 Å². The van der Waals surface area contributed by atoms with Crippen molar-refractivity contribution in [1.29, 1.82) is 0 Å². The second-order valence-corrected chi connectivity index (χ2v) is 9.81. The Morgan fingerprint density at radius 3 is 2.58 bits per heavy atom. The molecule has 192 valence electrons. The zero-order chi connectivity index (χ0) is 25.4. The van der Waals surface area contributed by atoms with Crippen molar-refractivity contribution in [3.8, 4) is 5.82 Å². The van der Waals surface area contributed by atoms with Gasteiger partial charge in [-0.25, -0.2) is 9.97 Å². The largest absolute Gasteiger partial charge is 0.416 e. The summed E-state index contributed by atoms with van der Waals surface area (Å²) in [6.07, 6.45) is -1.04. The summed E-state index contributed by atoms with van der Waals surface area (Å²) in [4.78, 5) is 23.9. The third kappa shape index (κ3) is 4.91. The molecule has 0 saturated carbocycles. The number of hydrogen-bond acceptors (Lipinski definition) is 5. The highest BCUT2D eigenvalue weighted by molar-refractivity contribution is 5.83. The molecule has 2 aliphatic rings. The van der Waals surface area contributed by atoms with E-state index in [4.69, 9.17) is 9.72 Å². The maximum absolute atomic E-state index is 13.5. The third-order valence-electron chi connectivity index (χ3n) is 7.29. The van der Waals surface area contributed by atoms with Crippen LogP contribution in [0.2, 0.25) is 0 Å². The van der Waals surface area contributed by atoms with Crippen LogP contribution in [0, 0.1) is 25.7 Å². The van der Waals surface area contributed by atoms with E-state index in [1.165, 1.54) is 6.20 Å². The second kappa shape index (κ2) is 9.72. The summed E-state index contributed by atoms with van der Waals surface area (Å²) >= 11 is 0. The molecule has 36 heavy (non-hydrogen) atoms. The van der Waals surface area contributed by atoms with Crippen LogP contribution in [0.5, 0.6) is 0 Å². The van der Waals surface area contributed by atoms with E-state index < -0.39 is 11.7 Å². The van der Waals surface area contributed by atoms with Gasteiger partial charge in [-0.05, 0) is 68.5 Å². The summed E-state index contributed by atoms with van der Waals surface area (Å²) in [5.74, 6) is 1.05. The molecule has 2 saturated heterocycles. The van der Waals surface area contributed by atoms with Crippen LogP contribution in [0.15, 0.2) is 30.5 Å². The number of piperidine rings is 1. The molecule has 3 aromatic rings. The lowest BCUT2D eigenvalue weighted by Crippen LogP contribution is -2.42. The lowest BCUT2D eigenvalue weighted by molar-refractivity contribution is -0.137. The van der Waals surface area contributed by atoms with E-state index in [-0.39, 0.29) is 17.6 Å². The molecule has 7 nitrogen and oxygen atoms in total. The fourth-order valence-electron chi connectivity index (χ4n) is 4.95. The van der Waals surface area contributed by atoms with Gasteiger partial charge in [0.1, 0.15) is 5.82 Å². The highest BCUT2D eigenvalue weighted by Crippen LogP contribution is 2.34. The lowest BCUT2D eigenvalue weighted by Gasteiger charge is -2.32.